The smallest absolute Gasteiger partial charge is 0.206 e. The molecule has 1 aromatic rings. The van der Waals surface area contributed by atoms with Crippen LogP contribution in [0.2, 0.25) is 0 Å². The molecule has 1 rings (SSSR count). The molecule has 0 bridgehead atoms. The summed E-state index contributed by atoms with van der Waals surface area (Å²) in [5, 5.41) is 0. The second kappa shape index (κ2) is 4.50. The fourth-order valence-electron chi connectivity index (χ4n) is 1.39. The average molecular weight is 275 g/mol. The predicted molar refractivity (Wildman–Crippen MR) is 68.7 cm³/mol. The largest absolute Gasteiger partial charge is 0.245 e. The first kappa shape index (κ1) is 13.7. The number of benzene rings is 1. The van der Waals surface area contributed by atoms with Gasteiger partial charge >= 0.3 is 0 Å². The summed E-state index contributed by atoms with van der Waals surface area (Å²) in [6, 6.07) is 6.11. The molecule has 0 amide bonds. The van der Waals surface area contributed by atoms with Gasteiger partial charge < -0.3 is 0 Å². The Labute approximate surface area is 101 Å². The Morgan fingerprint density at radius 2 is 1.65 bits per heavy atom. The zero-order valence-corrected chi connectivity index (χ0v) is 11.1. The van der Waals surface area contributed by atoms with Crippen molar-refractivity contribution in [1.82, 2.24) is 0 Å². The van der Waals surface area contributed by atoms with E-state index >= 15 is 0 Å². The Balaban J connectivity index is 3.49. The standard InChI is InChI=1S/C10H13NO4S2/c1-4-9-6-5-7-10(8-9)11(16(2,12)13)17(3,14)15/h4-8H,1H2,2-3H3. The van der Waals surface area contributed by atoms with Gasteiger partial charge in [0.25, 0.3) is 0 Å². The van der Waals surface area contributed by atoms with Crippen LogP contribution in [0.25, 0.3) is 6.08 Å². The van der Waals surface area contributed by atoms with E-state index in [1.54, 1.807) is 12.1 Å². The molecular formula is C10H13NO4S2. The number of hydrogen-bond acceptors (Lipinski definition) is 4. The van der Waals surface area contributed by atoms with Crippen LogP contribution < -0.4 is 3.71 Å². The molecule has 7 heteroatoms. The van der Waals surface area contributed by atoms with Crippen molar-refractivity contribution in [3.05, 3.63) is 36.4 Å². The molecule has 0 radical (unpaired) electrons. The van der Waals surface area contributed by atoms with Crippen LogP contribution in [-0.2, 0) is 20.0 Å². The lowest BCUT2D eigenvalue weighted by atomic mass is 10.2. The molecular weight excluding hydrogens is 262 g/mol. The highest BCUT2D eigenvalue weighted by Gasteiger charge is 2.26. The molecule has 0 N–H and O–H groups in total. The Morgan fingerprint density at radius 1 is 1.12 bits per heavy atom. The Bertz CT molecular complexity index is 600. The van der Waals surface area contributed by atoms with Crippen LogP contribution in [-0.4, -0.2) is 29.3 Å². The molecule has 0 saturated heterocycles. The van der Waals surface area contributed by atoms with Gasteiger partial charge in [0.15, 0.2) is 0 Å². The number of hydrogen-bond donors (Lipinski definition) is 0. The molecule has 94 valence electrons. The van der Waals surface area contributed by atoms with Gasteiger partial charge in [0.2, 0.25) is 20.0 Å². The van der Waals surface area contributed by atoms with E-state index in [2.05, 4.69) is 6.58 Å². The third-order valence-corrected chi connectivity index (χ3v) is 5.17. The molecule has 5 nitrogen and oxygen atoms in total. The molecule has 17 heavy (non-hydrogen) atoms. The van der Waals surface area contributed by atoms with Crippen molar-refractivity contribution in [2.24, 2.45) is 0 Å². The van der Waals surface area contributed by atoms with Crippen LogP contribution in [0.3, 0.4) is 0 Å². The molecule has 0 spiro atoms. The van der Waals surface area contributed by atoms with E-state index in [9.17, 15) is 16.8 Å². The lowest BCUT2D eigenvalue weighted by molar-refractivity contribution is 0.591. The van der Waals surface area contributed by atoms with Gasteiger partial charge in [-0.25, -0.2) is 16.8 Å². The first-order valence-corrected chi connectivity index (χ1v) is 8.29. The van der Waals surface area contributed by atoms with Gasteiger partial charge in [-0.1, -0.05) is 24.8 Å². The van der Waals surface area contributed by atoms with Crippen molar-refractivity contribution in [3.63, 3.8) is 0 Å². The maximum absolute atomic E-state index is 11.5. The third-order valence-electron chi connectivity index (χ3n) is 1.92. The quantitative estimate of drug-likeness (QED) is 0.823. The minimum atomic E-state index is -3.89. The van der Waals surface area contributed by atoms with Crippen LogP contribution >= 0.6 is 0 Å². The molecule has 0 atom stereocenters. The zero-order chi connectivity index (χ0) is 13.3. The molecule has 1 aromatic carbocycles. The number of sulfonamides is 2. The van der Waals surface area contributed by atoms with Crippen molar-refractivity contribution in [2.75, 3.05) is 16.2 Å². The first-order valence-electron chi connectivity index (χ1n) is 4.59. The summed E-state index contributed by atoms with van der Waals surface area (Å²) in [5.74, 6) is 0. The Kier molecular flexibility index (Phi) is 3.63. The van der Waals surface area contributed by atoms with Crippen molar-refractivity contribution in [2.45, 2.75) is 0 Å². The maximum Gasteiger partial charge on any atom is 0.245 e. The van der Waals surface area contributed by atoms with Crippen molar-refractivity contribution < 1.29 is 16.8 Å². The van der Waals surface area contributed by atoms with Crippen LogP contribution in [0.5, 0.6) is 0 Å². The molecule has 0 fully saturated rings. The summed E-state index contributed by atoms with van der Waals surface area (Å²) in [6.45, 7) is 3.54. The SMILES string of the molecule is C=Cc1cccc(N(S(C)(=O)=O)S(C)(=O)=O)c1. The van der Waals surface area contributed by atoms with Gasteiger partial charge in [-0.15, -0.1) is 0 Å². The summed E-state index contributed by atoms with van der Waals surface area (Å²) in [5.41, 5.74) is 0.715. The fraction of sp³-hybridized carbons (Fsp3) is 0.200. The van der Waals surface area contributed by atoms with Gasteiger partial charge in [-0.3, -0.25) is 0 Å². The van der Waals surface area contributed by atoms with Crippen LogP contribution in [0.1, 0.15) is 5.56 Å². The minimum Gasteiger partial charge on any atom is -0.206 e. The lowest BCUT2D eigenvalue weighted by Crippen LogP contribution is -2.35. The van der Waals surface area contributed by atoms with E-state index < -0.39 is 20.0 Å². The van der Waals surface area contributed by atoms with E-state index in [4.69, 9.17) is 0 Å². The zero-order valence-electron chi connectivity index (χ0n) is 9.49. The highest BCUT2D eigenvalue weighted by Crippen LogP contribution is 2.22. The van der Waals surface area contributed by atoms with E-state index in [1.165, 1.54) is 18.2 Å². The number of nitrogens with zero attached hydrogens (tertiary/aromatic N) is 1. The third kappa shape index (κ3) is 3.31. The Morgan fingerprint density at radius 3 is 2.06 bits per heavy atom. The Hall–Kier alpha value is -1.34. The average Bonchev–Trinajstić information content (AvgIpc) is 2.13. The molecule has 0 heterocycles. The van der Waals surface area contributed by atoms with Crippen molar-refractivity contribution >= 4 is 31.8 Å². The summed E-state index contributed by atoms with van der Waals surface area (Å²) in [6.07, 6.45) is 3.19. The molecule has 0 saturated carbocycles. The van der Waals surface area contributed by atoms with E-state index in [0.29, 0.717) is 9.27 Å². The summed E-state index contributed by atoms with van der Waals surface area (Å²) in [4.78, 5) is 0. The second-order valence-corrected chi connectivity index (χ2v) is 7.42. The van der Waals surface area contributed by atoms with Crippen LogP contribution in [0, 0.1) is 0 Å². The van der Waals surface area contributed by atoms with Gasteiger partial charge in [-0.2, -0.15) is 3.71 Å². The van der Waals surface area contributed by atoms with E-state index in [-0.39, 0.29) is 5.69 Å². The molecule has 0 unspecified atom stereocenters. The maximum atomic E-state index is 11.5. The number of anilines is 1. The summed E-state index contributed by atoms with van der Waals surface area (Å²) < 4.78 is 46.4. The summed E-state index contributed by atoms with van der Waals surface area (Å²) >= 11 is 0. The lowest BCUT2D eigenvalue weighted by Gasteiger charge is -2.19. The topological polar surface area (TPSA) is 71.5 Å². The highest BCUT2D eigenvalue weighted by atomic mass is 32.3. The molecule has 0 aliphatic carbocycles. The second-order valence-electron chi connectivity index (χ2n) is 3.52. The van der Waals surface area contributed by atoms with Gasteiger partial charge in [0, 0.05) is 0 Å². The van der Waals surface area contributed by atoms with E-state index in [0.717, 1.165) is 12.5 Å². The van der Waals surface area contributed by atoms with Crippen molar-refractivity contribution in [3.8, 4) is 0 Å². The van der Waals surface area contributed by atoms with Gasteiger partial charge in [0.1, 0.15) is 0 Å². The van der Waals surface area contributed by atoms with Crippen LogP contribution in [0.4, 0.5) is 5.69 Å². The molecule has 0 aliphatic heterocycles. The monoisotopic (exact) mass is 275 g/mol. The van der Waals surface area contributed by atoms with Crippen LogP contribution in [0.15, 0.2) is 30.8 Å². The number of rotatable bonds is 4. The first-order chi connectivity index (χ1) is 7.66. The minimum absolute atomic E-state index is 0.0763. The highest BCUT2D eigenvalue weighted by molar-refractivity contribution is 8.09. The van der Waals surface area contributed by atoms with Gasteiger partial charge in [0.05, 0.1) is 18.2 Å². The van der Waals surface area contributed by atoms with Gasteiger partial charge in [-0.05, 0) is 17.7 Å². The predicted octanol–water partition coefficient (Wildman–Crippen LogP) is 1.06. The summed E-state index contributed by atoms with van der Waals surface area (Å²) in [7, 11) is -7.78. The fourth-order valence-corrected chi connectivity index (χ4v) is 4.35. The van der Waals surface area contributed by atoms with E-state index in [1.807, 2.05) is 0 Å². The normalized spacial score (nSPS) is 12.1. The molecule has 0 aliphatic rings. The van der Waals surface area contributed by atoms with Crippen molar-refractivity contribution in [1.29, 1.82) is 0 Å². The molecule has 0 aromatic heterocycles.